The molecule has 10 heteroatoms. The number of nitrogen functional groups attached to an aromatic ring is 1. The van der Waals surface area contributed by atoms with Gasteiger partial charge >= 0.3 is 0 Å². The van der Waals surface area contributed by atoms with Crippen LogP contribution in [0.1, 0.15) is 58.1 Å². The molecule has 2 heterocycles. The molecule has 4 N–H and O–H groups in total. The fraction of sp³-hybridized carbons (Fsp3) is 0.361. The molecule has 0 aliphatic carbocycles. The Morgan fingerprint density at radius 3 is 2.22 bits per heavy atom. The van der Waals surface area contributed by atoms with Crippen LogP contribution in [0.2, 0.25) is 5.04 Å². The molecule has 0 fully saturated rings. The standard InChI is InChI=1S/C36H46N6O3Si/c1-6-13-28(20-21-45-46(36(2,3)4,29-14-9-7-10-15-29)30-16-11-8-12-17-30)39-34-33-31(40-35(37)41-34)23-38-42(33)24-27-22-26(25-43)18-19-32(27)44-5/h7-12,14-19,22-23,28,43H,6,13,20-21,24-25H2,1-5H3,(H3,37,39,40,41)/t28-/m0/s1. The van der Waals surface area contributed by atoms with E-state index in [0.717, 1.165) is 41.7 Å². The lowest BCUT2D eigenvalue weighted by Crippen LogP contribution is -2.66. The lowest BCUT2D eigenvalue weighted by molar-refractivity contribution is 0.281. The van der Waals surface area contributed by atoms with Gasteiger partial charge in [0, 0.05) is 18.2 Å². The first-order valence-electron chi connectivity index (χ1n) is 16.0. The van der Waals surface area contributed by atoms with Crippen molar-refractivity contribution >= 4 is 41.5 Å². The third-order valence-electron chi connectivity index (χ3n) is 8.53. The number of nitrogens with two attached hydrogens (primary N) is 1. The van der Waals surface area contributed by atoms with Crippen LogP contribution in [-0.4, -0.2) is 52.9 Å². The summed E-state index contributed by atoms with van der Waals surface area (Å²) in [5.74, 6) is 1.55. The molecule has 0 aliphatic heterocycles. The van der Waals surface area contributed by atoms with Crippen LogP contribution in [0.3, 0.4) is 0 Å². The number of methoxy groups -OCH3 is 1. The predicted molar refractivity (Wildman–Crippen MR) is 188 cm³/mol. The van der Waals surface area contributed by atoms with Gasteiger partial charge in [-0.1, -0.05) is 101 Å². The molecule has 242 valence electrons. The number of nitrogens with zero attached hydrogens (tertiary/aromatic N) is 4. The van der Waals surface area contributed by atoms with Crippen molar-refractivity contribution in [3.63, 3.8) is 0 Å². The molecular weight excluding hydrogens is 593 g/mol. The second-order valence-corrected chi connectivity index (χ2v) is 17.0. The second kappa shape index (κ2) is 14.4. The Labute approximate surface area is 272 Å². The Bertz CT molecular complexity index is 1680. The van der Waals surface area contributed by atoms with Gasteiger partial charge in [-0.25, -0.2) is 4.98 Å². The smallest absolute Gasteiger partial charge is 0.261 e. The molecule has 5 aromatic rings. The lowest BCUT2D eigenvalue weighted by atomic mass is 10.1. The van der Waals surface area contributed by atoms with Crippen LogP contribution in [0.4, 0.5) is 11.8 Å². The molecule has 2 aromatic heterocycles. The minimum Gasteiger partial charge on any atom is -0.496 e. The number of hydrogen-bond acceptors (Lipinski definition) is 8. The average Bonchev–Trinajstić information content (AvgIpc) is 3.45. The van der Waals surface area contributed by atoms with E-state index < -0.39 is 8.32 Å². The zero-order valence-electron chi connectivity index (χ0n) is 27.5. The Hall–Kier alpha value is -4.25. The van der Waals surface area contributed by atoms with Crippen molar-refractivity contribution < 1.29 is 14.3 Å². The fourth-order valence-corrected chi connectivity index (χ4v) is 11.0. The Balaban J connectivity index is 1.44. The molecule has 0 amide bonds. The van der Waals surface area contributed by atoms with Gasteiger partial charge in [0.15, 0.2) is 5.82 Å². The van der Waals surface area contributed by atoms with Crippen molar-refractivity contribution in [1.29, 1.82) is 0 Å². The van der Waals surface area contributed by atoms with Crippen molar-refractivity contribution in [1.82, 2.24) is 19.7 Å². The van der Waals surface area contributed by atoms with E-state index in [1.54, 1.807) is 13.3 Å². The normalized spacial score (nSPS) is 12.7. The highest BCUT2D eigenvalue weighted by Crippen LogP contribution is 2.37. The molecule has 0 saturated carbocycles. The molecule has 0 aliphatic rings. The van der Waals surface area contributed by atoms with Gasteiger partial charge in [-0.05, 0) is 45.9 Å². The van der Waals surface area contributed by atoms with Crippen LogP contribution >= 0.6 is 0 Å². The zero-order chi connectivity index (χ0) is 32.7. The number of benzene rings is 3. The van der Waals surface area contributed by atoms with Gasteiger partial charge in [0.05, 0.1) is 26.5 Å². The number of anilines is 2. The third-order valence-corrected chi connectivity index (χ3v) is 13.6. The number of hydrogen-bond donors (Lipinski definition) is 3. The van der Waals surface area contributed by atoms with Gasteiger partial charge in [-0.15, -0.1) is 0 Å². The van der Waals surface area contributed by atoms with Gasteiger partial charge in [0.25, 0.3) is 8.32 Å². The largest absolute Gasteiger partial charge is 0.496 e. The minimum absolute atomic E-state index is 0.0576. The lowest BCUT2D eigenvalue weighted by Gasteiger charge is -2.43. The predicted octanol–water partition coefficient (Wildman–Crippen LogP) is 5.51. The Kier molecular flexibility index (Phi) is 10.4. The summed E-state index contributed by atoms with van der Waals surface area (Å²) in [5.41, 5.74) is 9.30. The molecule has 0 saturated heterocycles. The fourth-order valence-electron chi connectivity index (χ4n) is 6.40. The summed E-state index contributed by atoms with van der Waals surface area (Å²) in [4.78, 5) is 9.13. The molecule has 0 unspecified atom stereocenters. The van der Waals surface area contributed by atoms with Gasteiger partial charge in [-0.2, -0.15) is 10.1 Å². The molecular formula is C36H46N6O3Si. The third kappa shape index (κ3) is 6.94. The first-order valence-corrected chi connectivity index (χ1v) is 17.9. The second-order valence-electron chi connectivity index (χ2n) is 12.7. The van der Waals surface area contributed by atoms with E-state index in [2.05, 4.69) is 109 Å². The van der Waals surface area contributed by atoms with Crippen molar-refractivity contribution in [3.8, 4) is 5.75 Å². The highest BCUT2D eigenvalue weighted by Gasteiger charge is 2.50. The van der Waals surface area contributed by atoms with Crippen molar-refractivity contribution in [2.45, 2.75) is 71.2 Å². The van der Waals surface area contributed by atoms with Crippen LogP contribution in [0.5, 0.6) is 5.75 Å². The number of aliphatic hydroxyl groups excluding tert-OH is 1. The first kappa shape index (κ1) is 33.1. The van der Waals surface area contributed by atoms with Crippen molar-refractivity contribution in [3.05, 3.63) is 96.2 Å². The average molecular weight is 639 g/mol. The summed E-state index contributed by atoms with van der Waals surface area (Å²) in [6.45, 7) is 10.0. The van der Waals surface area contributed by atoms with E-state index in [4.69, 9.17) is 14.9 Å². The van der Waals surface area contributed by atoms with Crippen LogP contribution in [0.15, 0.2) is 85.1 Å². The van der Waals surface area contributed by atoms with Crippen LogP contribution in [0.25, 0.3) is 11.0 Å². The molecule has 0 radical (unpaired) electrons. The monoisotopic (exact) mass is 638 g/mol. The van der Waals surface area contributed by atoms with E-state index in [0.29, 0.717) is 24.5 Å². The van der Waals surface area contributed by atoms with E-state index in [1.165, 1.54) is 10.4 Å². The van der Waals surface area contributed by atoms with E-state index in [-0.39, 0.29) is 23.6 Å². The maximum Gasteiger partial charge on any atom is 0.261 e. The maximum atomic E-state index is 9.73. The van der Waals surface area contributed by atoms with Crippen LogP contribution < -0.4 is 26.2 Å². The summed E-state index contributed by atoms with van der Waals surface area (Å²) in [5, 5.41) is 20.5. The summed E-state index contributed by atoms with van der Waals surface area (Å²) in [6.07, 6.45) is 4.41. The minimum atomic E-state index is -2.66. The summed E-state index contributed by atoms with van der Waals surface area (Å²) < 4.78 is 14.7. The Morgan fingerprint density at radius 1 is 0.957 bits per heavy atom. The summed E-state index contributed by atoms with van der Waals surface area (Å²) >= 11 is 0. The van der Waals surface area contributed by atoms with Gasteiger partial charge < -0.3 is 25.3 Å². The van der Waals surface area contributed by atoms with Gasteiger partial charge in [-0.3, -0.25) is 4.68 Å². The number of nitrogens with one attached hydrogen (secondary N) is 1. The topological polar surface area (TPSA) is 120 Å². The van der Waals surface area contributed by atoms with E-state index in [9.17, 15) is 5.11 Å². The number of rotatable bonds is 14. The molecule has 5 rings (SSSR count). The van der Waals surface area contributed by atoms with E-state index in [1.807, 2.05) is 22.9 Å². The number of aliphatic hydroxyl groups is 1. The van der Waals surface area contributed by atoms with Crippen LogP contribution in [0, 0.1) is 0 Å². The molecule has 0 bridgehead atoms. The maximum absolute atomic E-state index is 9.73. The van der Waals surface area contributed by atoms with E-state index >= 15 is 0 Å². The number of ether oxygens (including phenoxy) is 1. The van der Waals surface area contributed by atoms with Crippen molar-refractivity contribution in [2.75, 3.05) is 24.8 Å². The number of fused-ring (bicyclic) bond motifs is 1. The van der Waals surface area contributed by atoms with Gasteiger partial charge in [0.2, 0.25) is 5.95 Å². The molecule has 0 spiro atoms. The molecule has 46 heavy (non-hydrogen) atoms. The molecule has 3 aromatic carbocycles. The molecule has 1 atom stereocenters. The summed E-state index contributed by atoms with van der Waals surface area (Å²) in [7, 11) is -1.02. The zero-order valence-corrected chi connectivity index (χ0v) is 28.5. The van der Waals surface area contributed by atoms with Gasteiger partial charge in [0.1, 0.15) is 16.8 Å². The SMILES string of the molecule is CCC[C@@H](CCO[Si](c1ccccc1)(c1ccccc1)C(C)(C)C)Nc1nc(N)nc2cnn(Cc3cc(CO)ccc3OC)c12. The highest BCUT2D eigenvalue weighted by atomic mass is 28.4. The summed E-state index contributed by atoms with van der Waals surface area (Å²) in [6, 6.07) is 27.2. The highest BCUT2D eigenvalue weighted by molar-refractivity contribution is 6.99. The van der Waals surface area contributed by atoms with Crippen LogP contribution in [-0.2, 0) is 17.6 Å². The number of aromatic nitrogens is 4. The quantitative estimate of drug-likeness (QED) is 0.136. The molecule has 9 nitrogen and oxygen atoms in total. The first-order chi connectivity index (χ1) is 22.2. The Morgan fingerprint density at radius 2 is 1.63 bits per heavy atom. The van der Waals surface area contributed by atoms with Crippen molar-refractivity contribution in [2.24, 2.45) is 0 Å².